The van der Waals surface area contributed by atoms with E-state index >= 15 is 0 Å². The first-order valence-electron chi connectivity index (χ1n) is 8.98. The van der Waals surface area contributed by atoms with Gasteiger partial charge in [0.2, 0.25) is 0 Å². The monoisotopic (exact) mass is 379 g/mol. The first-order chi connectivity index (χ1) is 13.7. The molecule has 2 aromatic carbocycles. The van der Waals surface area contributed by atoms with Gasteiger partial charge in [-0.2, -0.15) is 5.10 Å². The van der Waals surface area contributed by atoms with Gasteiger partial charge in [-0.15, -0.1) is 0 Å². The van der Waals surface area contributed by atoms with Crippen LogP contribution in [0.25, 0.3) is 0 Å². The van der Waals surface area contributed by atoms with Crippen LogP contribution in [0.15, 0.2) is 65.9 Å². The van der Waals surface area contributed by atoms with Crippen molar-refractivity contribution in [3.05, 3.63) is 77.6 Å². The maximum Gasteiger partial charge on any atom is 0.189 e. The summed E-state index contributed by atoms with van der Waals surface area (Å²) < 4.78 is 12.5. The molecule has 0 fully saturated rings. The number of methoxy groups -OCH3 is 2. The van der Waals surface area contributed by atoms with Gasteiger partial charge in [-0.05, 0) is 34.9 Å². The normalized spacial score (nSPS) is 11.3. The highest BCUT2D eigenvalue weighted by Gasteiger charge is 2.05. The summed E-state index contributed by atoms with van der Waals surface area (Å²) in [5.41, 5.74) is 9.38. The molecule has 1 heterocycles. The van der Waals surface area contributed by atoms with Crippen molar-refractivity contribution in [3.8, 4) is 11.5 Å². The molecule has 3 rings (SSSR count). The lowest BCUT2D eigenvalue weighted by atomic mass is 10.1. The Morgan fingerprint density at radius 1 is 1.07 bits per heavy atom. The molecule has 0 saturated carbocycles. The second-order valence-electron chi connectivity index (χ2n) is 6.22. The topological polar surface area (TPSA) is 86.7 Å². The lowest BCUT2D eigenvalue weighted by molar-refractivity contribution is 0.354. The molecule has 7 heteroatoms. The number of aromatic nitrogens is 2. The minimum absolute atomic E-state index is 0.392. The molecule has 3 N–H and O–H groups in total. The molecular weight excluding hydrogens is 354 g/mol. The van der Waals surface area contributed by atoms with Crippen molar-refractivity contribution >= 4 is 5.96 Å². The van der Waals surface area contributed by atoms with E-state index in [1.807, 2.05) is 47.3 Å². The Hall–Kier alpha value is -3.48. The van der Waals surface area contributed by atoms with Crippen molar-refractivity contribution in [2.24, 2.45) is 10.7 Å². The largest absolute Gasteiger partial charge is 0.493 e. The Morgan fingerprint density at radius 2 is 1.86 bits per heavy atom. The van der Waals surface area contributed by atoms with Crippen LogP contribution in [0.2, 0.25) is 0 Å². The van der Waals surface area contributed by atoms with E-state index in [1.54, 1.807) is 20.4 Å². The van der Waals surface area contributed by atoms with E-state index < -0.39 is 0 Å². The van der Waals surface area contributed by atoms with E-state index in [0.717, 1.165) is 11.1 Å². The van der Waals surface area contributed by atoms with Gasteiger partial charge in [0.05, 0.1) is 27.3 Å². The average molecular weight is 379 g/mol. The van der Waals surface area contributed by atoms with E-state index in [9.17, 15) is 0 Å². The van der Waals surface area contributed by atoms with Gasteiger partial charge in [0.25, 0.3) is 0 Å². The van der Waals surface area contributed by atoms with Gasteiger partial charge < -0.3 is 20.5 Å². The maximum atomic E-state index is 6.05. The fourth-order valence-corrected chi connectivity index (χ4v) is 2.85. The van der Waals surface area contributed by atoms with Crippen LogP contribution in [0.5, 0.6) is 11.5 Å². The van der Waals surface area contributed by atoms with Gasteiger partial charge in [0.1, 0.15) is 0 Å². The zero-order chi connectivity index (χ0) is 19.8. The standard InChI is InChI=1S/C21H25N5O2/c1-27-19-9-8-16(12-20(19)28-2)13-23-21(22)24-14-17-6-3-4-7-18(17)15-26-11-5-10-25-26/h3-12H,13-15H2,1-2H3,(H3,22,23,24). The van der Waals surface area contributed by atoms with Crippen LogP contribution in [0, 0.1) is 0 Å². The Morgan fingerprint density at radius 3 is 2.57 bits per heavy atom. The van der Waals surface area contributed by atoms with Crippen molar-refractivity contribution in [1.82, 2.24) is 15.1 Å². The molecule has 0 saturated heterocycles. The molecule has 0 aliphatic carbocycles. The molecule has 0 amide bonds. The summed E-state index contributed by atoms with van der Waals surface area (Å²) in [6.45, 7) is 1.76. The highest BCUT2D eigenvalue weighted by Crippen LogP contribution is 2.27. The Bertz CT molecular complexity index is 922. The zero-order valence-electron chi connectivity index (χ0n) is 16.1. The van der Waals surface area contributed by atoms with Gasteiger partial charge in [0, 0.05) is 18.9 Å². The van der Waals surface area contributed by atoms with Gasteiger partial charge in [-0.1, -0.05) is 30.3 Å². The fourth-order valence-electron chi connectivity index (χ4n) is 2.85. The van der Waals surface area contributed by atoms with Crippen LogP contribution in [0.4, 0.5) is 0 Å². The summed E-state index contributed by atoms with van der Waals surface area (Å²) in [6.07, 6.45) is 3.73. The number of guanidine groups is 1. The lowest BCUT2D eigenvalue weighted by Gasteiger charge is -2.12. The predicted octanol–water partition coefficient (Wildman–Crippen LogP) is 2.55. The number of benzene rings is 2. The number of aliphatic imine (C=N–C) groups is 1. The third-order valence-electron chi connectivity index (χ3n) is 4.35. The van der Waals surface area contributed by atoms with Crippen molar-refractivity contribution in [2.75, 3.05) is 14.2 Å². The van der Waals surface area contributed by atoms with E-state index in [4.69, 9.17) is 15.2 Å². The molecular formula is C21H25N5O2. The zero-order valence-corrected chi connectivity index (χ0v) is 16.1. The molecule has 0 bridgehead atoms. The van der Waals surface area contributed by atoms with Gasteiger partial charge in [-0.3, -0.25) is 4.68 Å². The van der Waals surface area contributed by atoms with E-state index in [1.165, 1.54) is 5.56 Å². The Labute approximate surface area is 164 Å². The number of rotatable bonds is 8. The van der Waals surface area contributed by atoms with Crippen LogP contribution in [-0.4, -0.2) is 30.0 Å². The minimum atomic E-state index is 0.392. The van der Waals surface area contributed by atoms with Crippen molar-refractivity contribution in [3.63, 3.8) is 0 Å². The van der Waals surface area contributed by atoms with E-state index in [-0.39, 0.29) is 0 Å². The van der Waals surface area contributed by atoms with Gasteiger partial charge >= 0.3 is 0 Å². The smallest absolute Gasteiger partial charge is 0.189 e. The SMILES string of the molecule is COc1ccc(CN=C(N)NCc2ccccc2Cn2cccn2)cc1OC. The molecule has 7 nitrogen and oxygen atoms in total. The summed E-state index contributed by atoms with van der Waals surface area (Å²) in [5.74, 6) is 1.76. The van der Waals surface area contributed by atoms with Crippen molar-refractivity contribution in [2.45, 2.75) is 19.6 Å². The second kappa shape index (κ2) is 9.45. The average Bonchev–Trinajstić information content (AvgIpc) is 3.24. The summed E-state index contributed by atoms with van der Waals surface area (Å²) in [7, 11) is 3.23. The molecule has 3 aromatic rings. The summed E-state index contributed by atoms with van der Waals surface area (Å²) >= 11 is 0. The fraction of sp³-hybridized carbons (Fsp3) is 0.238. The third kappa shape index (κ3) is 5.03. The van der Waals surface area contributed by atoms with E-state index in [0.29, 0.717) is 37.1 Å². The number of ether oxygens (including phenoxy) is 2. The van der Waals surface area contributed by atoms with Crippen LogP contribution in [0.1, 0.15) is 16.7 Å². The Kier molecular flexibility index (Phi) is 6.51. The maximum absolute atomic E-state index is 6.05. The Balaban J connectivity index is 1.60. The molecule has 1 aromatic heterocycles. The van der Waals surface area contributed by atoms with Crippen LogP contribution >= 0.6 is 0 Å². The van der Waals surface area contributed by atoms with Crippen molar-refractivity contribution < 1.29 is 9.47 Å². The third-order valence-corrected chi connectivity index (χ3v) is 4.35. The summed E-state index contributed by atoms with van der Waals surface area (Å²) in [6, 6.07) is 15.8. The van der Waals surface area contributed by atoms with E-state index in [2.05, 4.69) is 27.5 Å². The van der Waals surface area contributed by atoms with Crippen LogP contribution in [0.3, 0.4) is 0 Å². The molecule has 0 unspecified atom stereocenters. The highest BCUT2D eigenvalue weighted by molar-refractivity contribution is 5.77. The number of nitrogens with two attached hydrogens (primary N) is 1. The first kappa shape index (κ1) is 19.3. The second-order valence-corrected chi connectivity index (χ2v) is 6.22. The minimum Gasteiger partial charge on any atom is -0.493 e. The van der Waals surface area contributed by atoms with Crippen LogP contribution in [-0.2, 0) is 19.6 Å². The molecule has 28 heavy (non-hydrogen) atoms. The lowest BCUT2D eigenvalue weighted by Crippen LogP contribution is -2.31. The highest BCUT2D eigenvalue weighted by atomic mass is 16.5. The number of hydrogen-bond acceptors (Lipinski definition) is 4. The molecule has 0 spiro atoms. The molecule has 146 valence electrons. The van der Waals surface area contributed by atoms with Gasteiger partial charge in [0.15, 0.2) is 17.5 Å². The van der Waals surface area contributed by atoms with Crippen molar-refractivity contribution in [1.29, 1.82) is 0 Å². The molecule has 0 radical (unpaired) electrons. The quantitative estimate of drug-likeness (QED) is 0.464. The predicted molar refractivity (Wildman–Crippen MR) is 109 cm³/mol. The summed E-state index contributed by atoms with van der Waals surface area (Å²) in [4.78, 5) is 4.42. The molecule has 0 aliphatic heterocycles. The number of hydrogen-bond donors (Lipinski definition) is 2. The molecule has 0 aliphatic rings. The molecule has 0 atom stereocenters. The van der Waals surface area contributed by atoms with Gasteiger partial charge in [-0.25, -0.2) is 4.99 Å². The summed E-state index contributed by atoms with van der Waals surface area (Å²) in [5, 5.41) is 7.45. The first-order valence-corrected chi connectivity index (χ1v) is 8.98. The number of nitrogens with zero attached hydrogens (tertiary/aromatic N) is 3. The van der Waals surface area contributed by atoms with Crippen LogP contribution < -0.4 is 20.5 Å². The number of nitrogens with one attached hydrogen (secondary N) is 1.